The zero-order chi connectivity index (χ0) is 13.1. The second-order valence-electron chi connectivity index (χ2n) is 3.63. The Morgan fingerprint density at radius 2 is 2.11 bits per heavy atom. The molecule has 0 radical (unpaired) electrons. The molecule has 3 N–H and O–H groups in total. The first-order valence-corrected chi connectivity index (χ1v) is 6.48. The van der Waals surface area contributed by atoms with Crippen molar-refractivity contribution in [2.45, 2.75) is 12.1 Å². The van der Waals surface area contributed by atoms with Gasteiger partial charge < -0.3 is 11.1 Å². The van der Waals surface area contributed by atoms with E-state index in [1.807, 2.05) is 31.2 Å². The number of nitrogens with one attached hydrogen (secondary N) is 1. The zero-order valence-corrected chi connectivity index (χ0v) is 10.9. The number of hydrogen-bond acceptors (Lipinski definition) is 5. The number of amides is 1. The summed E-state index contributed by atoms with van der Waals surface area (Å²) in [5.41, 5.74) is 7.34. The van der Waals surface area contributed by atoms with Gasteiger partial charge in [-0.25, -0.2) is 9.36 Å². The molecule has 6 nitrogen and oxygen atoms in total. The molecule has 0 aliphatic rings. The summed E-state index contributed by atoms with van der Waals surface area (Å²) in [5.74, 6) is 0.0745. The summed E-state index contributed by atoms with van der Waals surface area (Å²) in [6.07, 6.45) is 1.81. The Kier molecular flexibility index (Phi) is 3.52. The largest absolute Gasteiger partial charge is 0.367 e. The minimum atomic E-state index is -0.365. The number of benzene rings is 1. The first-order valence-electron chi connectivity index (χ1n) is 5.25. The lowest BCUT2D eigenvalue weighted by Crippen LogP contribution is -2.22. The third-order valence-corrected chi connectivity index (χ3v) is 3.06. The van der Waals surface area contributed by atoms with Crippen LogP contribution in [0.5, 0.6) is 0 Å². The van der Waals surface area contributed by atoms with Crippen molar-refractivity contribution in [2.75, 3.05) is 17.3 Å². The predicted molar refractivity (Wildman–Crippen MR) is 71.8 cm³/mol. The van der Waals surface area contributed by atoms with Crippen LogP contribution in [0.15, 0.2) is 29.4 Å². The van der Waals surface area contributed by atoms with Gasteiger partial charge in [-0.05, 0) is 24.8 Å². The minimum Gasteiger partial charge on any atom is -0.367 e. The summed E-state index contributed by atoms with van der Waals surface area (Å²) in [7, 11) is 0. The van der Waals surface area contributed by atoms with E-state index in [1.54, 1.807) is 6.26 Å². The molecule has 94 valence electrons. The maximum absolute atomic E-state index is 12.1. The lowest BCUT2D eigenvalue weighted by atomic mass is 10.2. The molecule has 1 aromatic carbocycles. The maximum Gasteiger partial charge on any atom is 0.335 e. The van der Waals surface area contributed by atoms with Crippen LogP contribution in [0, 0.1) is 6.92 Å². The van der Waals surface area contributed by atoms with Gasteiger partial charge in [0.25, 0.3) is 0 Å². The first-order chi connectivity index (χ1) is 8.63. The van der Waals surface area contributed by atoms with E-state index >= 15 is 0 Å². The first kappa shape index (κ1) is 12.4. The van der Waals surface area contributed by atoms with E-state index in [9.17, 15) is 4.79 Å². The van der Waals surface area contributed by atoms with Crippen molar-refractivity contribution in [3.63, 3.8) is 0 Å². The van der Waals surface area contributed by atoms with Crippen LogP contribution in [0.3, 0.4) is 0 Å². The molecule has 18 heavy (non-hydrogen) atoms. The van der Waals surface area contributed by atoms with Gasteiger partial charge in [0.05, 0.1) is 0 Å². The monoisotopic (exact) mass is 263 g/mol. The topological polar surface area (TPSA) is 85.8 Å². The highest BCUT2D eigenvalue weighted by atomic mass is 32.2. The zero-order valence-electron chi connectivity index (χ0n) is 10.0. The molecule has 0 fully saturated rings. The second kappa shape index (κ2) is 5.09. The summed E-state index contributed by atoms with van der Waals surface area (Å²) in [6.45, 7) is 1.92. The third kappa shape index (κ3) is 2.30. The maximum atomic E-state index is 12.1. The Balaban J connectivity index is 2.28. The minimum absolute atomic E-state index is 0.0745. The van der Waals surface area contributed by atoms with Gasteiger partial charge in [0.15, 0.2) is 0 Å². The van der Waals surface area contributed by atoms with Gasteiger partial charge in [0.1, 0.15) is 0 Å². The molecule has 1 heterocycles. The molecular formula is C11H13N5OS. The van der Waals surface area contributed by atoms with Gasteiger partial charge in [-0.15, -0.1) is 10.2 Å². The fourth-order valence-electron chi connectivity index (χ4n) is 1.49. The van der Waals surface area contributed by atoms with Crippen LogP contribution in [0.2, 0.25) is 0 Å². The molecular weight excluding hydrogens is 250 g/mol. The van der Waals surface area contributed by atoms with Crippen molar-refractivity contribution >= 4 is 29.4 Å². The van der Waals surface area contributed by atoms with Gasteiger partial charge in [-0.3, -0.25) is 0 Å². The van der Waals surface area contributed by atoms with Crippen molar-refractivity contribution in [3.05, 3.63) is 29.8 Å². The number of para-hydroxylation sites is 1. The van der Waals surface area contributed by atoms with Crippen LogP contribution < -0.4 is 11.1 Å². The number of nitrogen functional groups attached to an aromatic ring is 1. The molecule has 0 aliphatic heterocycles. The third-order valence-electron chi connectivity index (χ3n) is 2.43. The average molecular weight is 263 g/mol. The van der Waals surface area contributed by atoms with E-state index in [1.165, 1.54) is 16.3 Å². The van der Waals surface area contributed by atoms with Gasteiger partial charge in [-0.1, -0.05) is 30.0 Å². The van der Waals surface area contributed by atoms with Crippen molar-refractivity contribution in [1.29, 1.82) is 0 Å². The van der Waals surface area contributed by atoms with Crippen molar-refractivity contribution < 1.29 is 4.79 Å². The quantitative estimate of drug-likeness (QED) is 0.809. The summed E-state index contributed by atoms with van der Waals surface area (Å²) >= 11 is 1.31. The molecule has 0 saturated carbocycles. The normalized spacial score (nSPS) is 10.3. The van der Waals surface area contributed by atoms with Gasteiger partial charge in [-0.2, -0.15) is 0 Å². The SMILES string of the molecule is CSc1nnc(N)n1C(=O)Nc1ccccc1C. The number of thioether (sulfide) groups is 1. The molecule has 0 atom stereocenters. The van der Waals surface area contributed by atoms with E-state index in [-0.39, 0.29) is 12.0 Å². The summed E-state index contributed by atoms with van der Waals surface area (Å²) in [4.78, 5) is 12.1. The lowest BCUT2D eigenvalue weighted by Gasteiger charge is -2.09. The molecule has 7 heteroatoms. The van der Waals surface area contributed by atoms with E-state index in [0.717, 1.165) is 11.3 Å². The van der Waals surface area contributed by atoms with Crippen molar-refractivity contribution in [2.24, 2.45) is 0 Å². The van der Waals surface area contributed by atoms with E-state index in [0.29, 0.717) is 5.16 Å². The van der Waals surface area contributed by atoms with Crippen LogP contribution >= 0.6 is 11.8 Å². The Bertz CT molecular complexity index is 581. The van der Waals surface area contributed by atoms with Crippen LogP contribution in [0.1, 0.15) is 5.56 Å². The average Bonchev–Trinajstić information content (AvgIpc) is 2.73. The molecule has 2 aromatic rings. The van der Waals surface area contributed by atoms with Crippen LogP contribution in [-0.4, -0.2) is 27.1 Å². The fourth-order valence-corrected chi connectivity index (χ4v) is 1.97. The number of nitrogens with zero attached hydrogens (tertiary/aromatic N) is 3. The lowest BCUT2D eigenvalue weighted by molar-refractivity contribution is 0.252. The summed E-state index contributed by atoms with van der Waals surface area (Å²) in [5, 5.41) is 10.7. The number of hydrogen-bond donors (Lipinski definition) is 2. The molecule has 1 amide bonds. The number of aromatic nitrogens is 3. The molecule has 1 aromatic heterocycles. The Morgan fingerprint density at radius 1 is 1.39 bits per heavy atom. The smallest absolute Gasteiger partial charge is 0.335 e. The molecule has 0 bridgehead atoms. The number of aryl methyl sites for hydroxylation is 1. The van der Waals surface area contributed by atoms with Crippen LogP contribution in [0.4, 0.5) is 16.4 Å². The number of nitrogens with two attached hydrogens (primary N) is 1. The highest BCUT2D eigenvalue weighted by Crippen LogP contribution is 2.18. The number of carbonyl (C=O) groups is 1. The van der Waals surface area contributed by atoms with Crippen molar-refractivity contribution in [3.8, 4) is 0 Å². The van der Waals surface area contributed by atoms with E-state index in [4.69, 9.17) is 5.73 Å². The number of rotatable bonds is 2. The van der Waals surface area contributed by atoms with Gasteiger partial charge >= 0.3 is 6.03 Å². The number of carbonyl (C=O) groups excluding carboxylic acids is 1. The predicted octanol–water partition coefficient (Wildman–Crippen LogP) is 1.97. The molecule has 0 aliphatic carbocycles. The summed E-state index contributed by atoms with van der Waals surface area (Å²) < 4.78 is 1.25. The Hall–Kier alpha value is -2.02. The standard InChI is InChI=1S/C11H13N5OS/c1-7-5-3-4-6-8(7)13-10(17)16-9(12)14-15-11(16)18-2/h3-6H,1-2H3,(H2,12,14)(H,13,17). The molecule has 2 rings (SSSR count). The fraction of sp³-hybridized carbons (Fsp3) is 0.182. The molecule has 0 spiro atoms. The van der Waals surface area contributed by atoms with E-state index < -0.39 is 0 Å². The highest BCUT2D eigenvalue weighted by molar-refractivity contribution is 7.98. The van der Waals surface area contributed by atoms with Crippen LogP contribution in [-0.2, 0) is 0 Å². The second-order valence-corrected chi connectivity index (χ2v) is 4.40. The highest BCUT2D eigenvalue weighted by Gasteiger charge is 2.16. The molecule has 0 saturated heterocycles. The van der Waals surface area contributed by atoms with Crippen molar-refractivity contribution in [1.82, 2.24) is 14.8 Å². The van der Waals surface area contributed by atoms with E-state index in [2.05, 4.69) is 15.5 Å². The van der Waals surface area contributed by atoms with Gasteiger partial charge in [0.2, 0.25) is 11.1 Å². The molecule has 0 unspecified atom stereocenters. The summed E-state index contributed by atoms with van der Waals surface area (Å²) in [6, 6.07) is 7.14. The Morgan fingerprint density at radius 3 is 2.78 bits per heavy atom. The number of anilines is 2. The van der Waals surface area contributed by atoms with Crippen LogP contribution in [0.25, 0.3) is 0 Å². The Labute approximate surface area is 109 Å². The van der Waals surface area contributed by atoms with Gasteiger partial charge in [0, 0.05) is 5.69 Å².